The lowest BCUT2D eigenvalue weighted by atomic mass is 9.98. The van der Waals surface area contributed by atoms with Gasteiger partial charge in [-0.3, -0.25) is 4.99 Å². The summed E-state index contributed by atoms with van der Waals surface area (Å²) in [6.07, 6.45) is 13.6. The van der Waals surface area contributed by atoms with E-state index in [4.69, 9.17) is 15.0 Å². The lowest BCUT2D eigenvalue weighted by Crippen LogP contribution is -2.04. The molecule has 4 nitrogen and oxygen atoms in total. The average Bonchev–Trinajstić information content (AvgIpc) is 2.98. The van der Waals surface area contributed by atoms with E-state index in [9.17, 15) is 0 Å². The third-order valence-electron chi connectivity index (χ3n) is 6.61. The number of nitrogens with zero attached hydrogens (tertiary/aromatic N) is 4. The Morgan fingerprint density at radius 1 is 0.795 bits per heavy atom. The molecule has 0 amide bonds. The number of aliphatic imine (C=N–C) groups is 1. The van der Waals surface area contributed by atoms with Gasteiger partial charge in [0.25, 0.3) is 0 Å². The third kappa shape index (κ3) is 6.91. The van der Waals surface area contributed by atoms with Gasteiger partial charge in [-0.05, 0) is 47.1 Å². The fraction of sp³-hybridized carbons (Fsp3) is 0.200. The van der Waals surface area contributed by atoms with Crippen molar-refractivity contribution >= 4 is 11.8 Å². The summed E-state index contributed by atoms with van der Waals surface area (Å²) in [6, 6.07) is 27.1. The van der Waals surface area contributed by atoms with Gasteiger partial charge in [0, 0.05) is 22.9 Å². The molecule has 1 aromatic heterocycles. The van der Waals surface area contributed by atoms with E-state index in [2.05, 4.69) is 98.6 Å². The largest absolute Gasteiger partial charge is 0.288 e. The van der Waals surface area contributed by atoms with Crippen LogP contribution in [0.5, 0.6) is 0 Å². The van der Waals surface area contributed by atoms with Gasteiger partial charge in [0.15, 0.2) is 17.5 Å². The minimum atomic E-state index is 0.528. The molecule has 4 heteroatoms. The van der Waals surface area contributed by atoms with Crippen molar-refractivity contribution in [2.75, 3.05) is 0 Å². The monoisotopic (exact) mass is 510 g/mol. The SMILES string of the molecule is CC(C)/C=C\C=N/Cc1ccc(-c2cccc(-c3nc(C4=CC[C@@H](C)C=C4)nc(-c4ccccc4)n3)c2)cc1. The molecule has 1 aliphatic rings. The predicted octanol–water partition coefficient (Wildman–Crippen LogP) is 8.64. The van der Waals surface area contributed by atoms with Crippen molar-refractivity contribution in [3.05, 3.63) is 121 Å². The van der Waals surface area contributed by atoms with Crippen LogP contribution >= 0.6 is 0 Å². The number of benzene rings is 3. The highest BCUT2D eigenvalue weighted by Crippen LogP contribution is 2.29. The number of aromatic nitrogens is 3. The molecule has 0 spiro atoms. The van der Waals surface area contributed by atoms with Crippen LogP contribution in [0.4, 0.5) is 0 Å². The topological polar surface area (TPSA) is 51.0 Å². The van der Waals surface area contributed by atoms with Gasteiger partial charge in [-0.1, -0.05) is 118 Å². The van der Waals surface area contributed by atoms with Crippen LogP contribution in [0.2, 0.25) is 0 Å². The maximum Gasteiger partial charge on any atom is 0.164 e. The molecular formula is C35H34N4. The van der Waals surface area contributed by atoms with Crippen LogP contribution in [-0.2, 0) is 6.54 Å². The molecule has 3 aromatic carbocycles. The first-order valence-electron chi connectivity index (χ1n) is 13.6. The van der Waals surface area contributed by atoms with Crippen LogP contribution < -0.4 is 0 Å². The summed E-state index contributed by atoms with van der Waals surface area (Å²) in [5.74, 6) is 3.13. The van der Waals surface area contributed by atoms with E-state index >= 15 is 0 Å². The highest BCUT2D eigenvalue weighted by molar-refractivity contribution is 5.75. The summed E-state index contributed by atoms with van der Waals surface area (Å²) in [5.41, 5.74) is 6.44. The predicted molar refractivity (Wildman–Crippen MR) is 163 cm³/mol. The lowest BCUT2D eigenvalue weighted by Gasteiger charge is -2.13. The molecule has 0 saturated heterocycles. The zero-order valence-corrected chi connectivity index (χ0v) is 22.8. The zero-order valence-electron chi connectivity index (χ0n) is 22.8. The number of hydrogen-bond acceptors (Lipinski definition) is 4. The van der Waals surface area contributed by atoms with E-state index in [-0.39, 0.29) is 0 Å². The number of allylic oxidation sites excluding steroid dienone is 6. The van der Waals surface area contributed by atoms with Gasteiger partial charge in [0.2, 0.25) is 0 Å². The Bertz CT molecular complexity index is 1530. The molecular weight excluding hydrogens is 476 g/mol. The first kappa shape index (κ1) is 26.2. The van der Waals surface area contributed by atoms with Crippen molar-refractivity contribution in [2.45, 2.75) is 33.7 Å². The van der Waals surface area contributed by atoms with Gasteiger partial charge < -0.3 is 0 Å². The third-order valence-corrected chi connectivity index (χ3v) is 6.61. The fourth-order valence-corrected chi connectivity index (χ4v) is 4.38. The molecule has 1 aliphatic carbocycles. The molecule has 0 N–H and O–H groups in total. The second-order valence-corrected chi connectivity index (χ2v) is 10.3. The lowest BCUT2D eigenvalue weighted by molar-refractivity contribution is 0.738. The average molecular weight is 511 g/mol. The van der Waals surface area contributed by atoms with Crippen molar-refractivity contribution in [3.8, 4) is 33.9 Å². The second-order valence-electron chi connectivity index (χ2n) is 10.3. The van der Waals surface area contributed by atoms with E-state index in [0.29, 0.717) is 35.9 Å². The zero-order chi connectivity index (χ0) is 27.0. The van der Waals surface area contributed by atoms with Crippen molar-refractivity contribution in [1.82, 2.24) is 15.0 Å². The van der Waals surface area contributed by atoms with E-state index in [1.165, 1.54) is 5.56 Å². The molecule has 5 rings (SSSR count). The summed E-state index contributed by atoms with van der Waals surface area (Å²) in [4.78, 5) is 19.2. The standard InChI is InChI=1S/C35H34N4/c1-25(2)9-8-22-36-24-27-16-20-28(21-17-27)31-12-7-13-32(23-31)35-38-33(29-10-5-4-6-11-29)37-34(39-35)30-18-14-26(3)15-19-30/h4-14,16-23,25-26H,15,24H2,1-3H3/b9-8-,36-22-/t26-/m0/s1. The van der Waals surface area contributed by atoms with E-state index < -0.39 is 0 Å². The first-order chi connectivity index (χ1) is 19.0. The van der Waals surface area contributed by atoms with E-state index in [0.717, 1.165) is 34.2 Å². The smallest absolute Gasteiger partial charge is 0.164 e. The number of rotatable bonds is 8. The maximum atomic E-state index is 4.92. The van der Waals surface area contributed by atoms with Gasteiger partial charge in [-0.2, -0.15) is 0 Å². The Morgan fingerprint density at radius 2 is 1.49 bits per heavy atom. The van der Waals surface area contributed by atoms with Gasteiger partial charge in [0.05, 0.1) is 6.54 Å². The molecule has 0 aliphatic heterocycles. The molecule has 194 valence electrons. The molecule has 0 unspecified atom stereocenters. The van der Waals surface area contributed by atoms with E-state index in [1.807, 2.05) is 42.6 Å². The van der Waals surface area contributed by atoms with Crippen LogP contribution in [0.25, 0.3) is 39.5 Å². The van der Waals surface area contributed by atoms with Gasteiger partial charge in [-0.15, -0.1) is 0 Å². The molecule has 0 saturated carbocycles. The highest BCUT2D eigenvalue weighted by atomic mass is 15.0. The van der Waals surface area contributed by atoms with Crippen molar-refractivity contribution in [1.29, 1.82) is 0 Å². The minimum Gasteiger partial charge on any atom is -0.288 e. The fourth-order valence-electron chi connectivity index (χ4n) is 4.38. The molecule has 1 heterocycles. The quantitative estimate of drug-likeness (QED) is 0.223. The van der Waals surface area contributed by atoms with Crippen LogP contribution in [0.15, 0.2) is 114 Å². The van der Waals surface area contributed by atoms with E-state index in [1.54, 1.807) is 0 Å². The molecule has 0 bridgehead atoms. The van der Waals surface area contributed by atoms with Crippen LogP contribution in [-0.4, -0.2) is 21.2 Å². The second kappa shape index (κ2) is 12.4. The summed E-state index contributed by atoms with van der Waals surface area (Å²) < 4.78 is 0. The molecule has 0 fully saturated rings. The van der Waals surface area contributed by atoms with Crippen LogP contribution in [0.3, 0.4) is 0 Å². The molecule has 1 atom stereocenters. The van der Waals surface area contributed by atoms with Crippen LogP contribution in [0, 0.1) is 11.8 Å². The van der Waals surface area contributed by atoms with Crippen molar-refractivity contribution in [2.24, 2.45) is 16.8 Å². The van der Waals surface area contributed by atoms with Gasteiger partial charge in [-0.25, -0.2) is 15.0 Å². The molecule has 4 aromatic rings. The Balaban J connectivity index is 1.44. The van der Waals surface area contributed by atoms with Gasteiger partial charge in [0.1, 0.15) is 0 Å². The first-order valence-corrected chi connectivity index (χ1v) is 13.6. The van der Waals surface area contributed by atoms with Crippen LogP contribution in [0.1, 0.15) is 38.6 Å². The van der Waals surface area contributed by atoms with Crippen molar-refractivity contribution < 1.29 is 0 Å². The normalized spacial score (nSPS) is 15.4. The molecule has 0 radical (unpaired) electrons. The molecule has 39 heavy (non-hydrogen) atoms. The summed E-state index contributed by atoms with van der Waals surface area (Å²) in [6.45, 7) is 7.20. The highest BCUT2D eigenvalue weighted by Gasteiger charge is 2.15. The number of hydrogen-bond donors (Lipinski definition) is 0. The maximum absolute atomic E-state index is 4.92. The van der Waals surface area contributed by atoms with Crippen molar-refractivity contribution in [3.63, 3.8) is 0 Å². The summed E-state index contributed by atoms with van der Waals surface area (Å²) in [7, 11) is 0. The summed E-state index contributed by atoms with van der Waals surface area (Å²) >= 11 is 0. The van der Waals surface area contributed by atoms with Gasteiger partial charge >= 0.3 is 0 Å². The Morgan fingerprint density at radius 3 is 2.21 bits per heavy atom. The Hall–Kier alpha value is -4.44. The summed E-state index contributed by atoms with van der Waals surface area (Å²) in [5, 5.41) is 0. The Labute approximate surface area is 231 Å². The minimum absolute atomic E-state index is 0.528. The Kier molecular flexibility index (Phi) is 8.33.